The van der Waals surface area contributed by atoms with Gasteiger partial charge in [-0.3, -0.25) is 4.98 Å². The SMILES string of the molecule is Cc1cnc(-c2cc(N3CCc4nc(NCC5CC5)sc4C3)ncc2Cl)c(C)c1. The van der Waals surface area contributed by atoms with E-state index in [1.807, 2.05) is 6.20 Å². The molecule has 1 aliphatic heterocycles. The van der Waals surface area contributed by atoms with Gasteiger partial charge in [-0.15, -0.1) is 0 Å². The van der Waals surface area contributed by atoms with Crippen LogP contribution in [0.4, 0.5) is 10.9 Å². The van der Waals surface area contributed by atoms with Crippen LogP contribution in [-0.4, -0.2) is 28.0 Å². The van der Waals surface area contributed by atoms with Gasteiger partial charge in [0.05, 0.1) is 23.0 Å². The first-order valence-electron chi connectivity index (χ1n) is 10.1. The number of thiazole rings is 1. The minimum Gasteiger partial charge on any atom is -0.361 e. The lowest BCUT2D eigenvalue weighted by atomic mass is 10.1. The zero-order chi connectivity index (χ0) is 20.0. The van der Waals surface area contributed by atoms with Crippen molar-refractivity contribution in [1.29, 1.82) is 0 Å². The molecular formula is C22H24ClN5S. The zero-order valence-electron chi connectivity index (χ0n) is 16.7. The van der Waals surface area contributed by atoms with Crippen molar-refractivity contribution in [3.63, 3.8) is 0 Å². The first-order valence-corrected chi connectivity index (χ1v) is 11.3. The number of aromatic nitrogens is 3. The van der Waals surface area contributed by atoms with E-state index in [-0.39, 0.29) is 0 Å². The van der Waals surface area contributed by atoms with Gasteiger partial charge >= 0.3 is 0 Å². The molecular weight excluding hydrogens is 402 g/mol. The van der Waals surface area contributed by atoms with Crippen molar-refractivity contribution in [3.05, 3.63) is 51.2 Å². The number of aryl methyl sites for hydroxylation is 2. The molecule has 0 aromatic carbocycles. The van der Waals surface area contributed by atoms with E-state index < -0.39 is 0 Å². The van der Waals surface area contributed by atoms with E-state index >= 15 is 0 Å². The van der Waals surface area contributed by atoms with Crippen molar-refractivity contribution in [2.75, 3.05) is 23.3 Å². The third-order valence-corrected chi connectivity index (χ3v) is 6.95. The molecule has 3 aromatic rings. The van der Waals surface area contributed by atoms with Gasteiger partial charge in [0.25, 0.3) is 0 Å². The topological polar surface area (TPSA) is 53.9 Å². The highest BCUT2D eigenvalue weighted by atomic mass is 35.5. The number of nitrogens with zero attached hydrogens (tertiary/aromatic N) is 4. The molecule has 2 aliphatic rings. The molecule has 7 heteroatoms. The zero-order valence-corrected chi connectivity index (χ0v) is 18.3. The van der Waals surface area contributed by atoms with Gasteiger partial charge in [-0.25, -0.2) is 9.97 Å². The Morgan fingerprint density at radius 2 is 2.07 bits per heavy atom. The third-order valence-electron chi connectivity index (χ3n) is 5.61. The summed E-state index contributed by atoms with van der Waals surface area (Å²) in [4.78, 5) is 17.7. The minimum atomic E-state index is 0.634. The second kappa shape index (κ2) is 7.58. The molecule has 150 valence electrons. The summed E-state index contributed by atoms with van der Waals surface area (Å²) in [5, 5.41) is 5.21. The molecule has 29 heavy (non-hydrogen) atoms. The maximum absolute atomic E-state index is 6.49. The second-order valence-electron chi connectivity index (χ2n) is 8.09. The Hall–Kier alpha value is -2.18. The molecule has 0 saturated heterocycles. The van der Waals surface area contributed by atoms with Crippen LogP contribution >= 0.6 is 22.9 Å². The van der Waals surface area contributed by atoms with Crippen molar-refractivity contribution in [2.24, 2.45) is 5.92 Å². The maximum atomic E-state index is 6.49. The number of halogens is 1. The van der Waals surface area contributed by atoms with E-state index in [4.69, 9.17) is 16.6 Å². The van der Waals surface area contributed by atoms with Crippen LogP contribution in [0.1, 0.15) is 34.5 Å². The largest absolute Gasteiger partial charge is 0.361 e. The summed E-state index contributed by atoms with van der Waals surface area (Å²) in [6, 6.07) is 4.21. The predicted octanol–water partition coefficient (Wildman–Crippen LogP) is 5.25. The van der Waals surface area contributed by atoms with Crippen LogP contribution in [0.2, 0.25) is 5.02 Å². The Labute approximate surface area is 180 Å². The molecule has 3 aromatic heterocycles. The average molecular weight is 426 g/mol. The van der Waals surface area contributed by atoms with Crippen molar-refractivity contribution >= 4 is 33.9 Å². The summed E-state index contributed by atoms with van der Waals surface area (Å²) in [7, 11) is 0. The highest BCUT2D eigenvalue weighted by Crippen LogP contribution is 2.35. The number of fused-ring (bicyclic) bond motifs is 1. The molecule has 0 radical (unpaired) electrons. The number of anilines is 2. The van der Waals surface area contributed by atoms with E-state index in [2.05, 4.69) is 46.2 Å². The van der Waals surface area contributed by atoms with Gasteiger partial charge in [0.15, 0.2) is 5.13 Å². The monoisotopic (exact) mass is 425 g/mol. The Morgan fingerprint density at radius 3 is 2.86 bits per heavy atom. The Morgan fingerprint density at radius 1 is 1.21 bits per heavy atom. The summed E-state index contributed by atoms with van der Waals surface area (Å²) >= 11 is 8.28. The van der Waals surface area contributed by atoms with Gasteiger partial charge in [-0.05, 0) is 49.8 Å². The van der Waals surface area contributed by atoms with Crippen LogP contribution in [-0.2, 0) is 13.0 Å². The van der Waals surface area contributed by atoms with Gasteiger partial charge in [0.1, 0.15) is 5.82 Å². The molecule has 1 aliphatic carbocycles. The van der Waals surface area contributed by atoms with Gasteiger partial charge in [0, 0.05) is 42.3 Å². The number of nitrogens with one attached hydrogen (secondary N) is 1. The Kier molecular flexibility index (Phi) is 4.92. The van der Waals surface area contributed by atoms with E-state index in [0.29, 0.717) is 5.02 Å². The summed E-state index contributed by atoms with van der Waals surface area (Å²) in [5.74, 6) is 1.79. The van der Waals surface area contributed by atoms with Crippen LogP contribution in [0.3, 0.4) is 0 Å². The van der Waals surface area contributed by atoms with Crippen LogP contribution in [0.25, 0.3) is 11.3 Å². The van der Waals surface area contributed by atoms with Crippen LogP contribution in [0, 0.1) is 19.8 Å². The van der Waals surface area contributed by atoms with Gasteiger partial charge in [-0.2, -0.15) is 0 Å². The summed E-state index contributed by atoms with van der Waals surface area (Å²) in [6.45, 7) is 6.94. The fourth-order valence-electron chi connectivity index (χ4n) is 3.80. The molecule has 5 nitrogen and oxygen atoms in total. The molecule has 0 atom stereocenters. The number of pyridine rings is 2. The molecule has 1 fully saturated rings. The van der Waals surface area contributed by atoms with Crippen LogP contribution in [0.5, 0.6) is 0 Å². The van der Waals surface area contributed by atoms with Gasteiger partial charge < -0.3 is 10.2 Å². The quantitative estimate of drug-likeness (QED) is 0.604. The van der Waals surface area contributed by atoms with Crippen molar-refractivity contribution in [2.45, 2.75) is 39.7 Å². The molecule has 0 bridgehead atoms. The Balaban J connectivity index is 1.39. The summed E-state index contributed by atoms with van der Waals surface area (Å²) in [5.41, 5.74) is 5.37. The maximum Gasteiger partial charge on any atom is 0.183 e. The lowest BCUT2D eigenvalue weighted by molar-refractivity contribution is 0.719. The van der Waals surface area contributed by atoms with E-state index in [0.717, 1.165) is 65.3 Å². The third kappa shape index (κ3) is 3.96. The molecule has 1 N–H and O–H groups in total. The highest BCUT2D eigenvalue weighted by Gasteiger charge is 2.24. The van der Waals surface area contributed by atoms with Gasteiger partial charge in [0.2, 0.25) is 0 Å². The smallest absolute Gasteiger partial charge is 0.183 e. The molecule has 4 heterocycles. The predicted molar refractivity (Wildman–Crippen MR) is 120 cm³/mol. The summed E-state index contributed by atoms with van der Waals surface area (Å²) in [6.07, 6.45) is 7.29. The standard InChI is InChI=1S/C22H24ClN5S/c1-13-7-14(2)21(25-9-13)16-8-20(24-11-17(16)23)28-6-5-18-19(12-28)29-22(27-18)26-10-15-3-4-15/h7-9,11,15H,3-6,10,12H2,1-2H3,(H,26,27). The molecule has 0 spiro atoms. The van der Waals surface area contributed by atoms with Gasteiger partial charge in [-0.1, -0.05) is 29.0 Å². The lowest BCUT2D eigenvalue weighted by Gasteiger charge is -2.27. The average Bonchev–Trinajstić information content (AvgIpc) is 3.44. The first kappa shape index (κ1) is 18.8. The molecule has 0 unspecified atom stereocenters. The number of hydrogen-bond donors (Lipinski definition) is 1. The van der Waals surface area contributed by atoms with E-state index in [1.54, 1.807) is 17.5 Å². The summed E-state index contributed by atoms with van der Waals surface area (Å²) < 4.78 is 0. The first-order chi connectivity index (χ1) is 14.1. The number of hydrogen-bond acceptors (Lipinski definition) is 6. The molecule has 1 saturated carbocycles. The van der Waals surface area contributed by atoms with Crippen molar-refractivity contribution in [3.8, 4) is 11.3 Å². The number of rotatable bonds is 5. The van der Waals surface area contributed by atoms with E-state index in [9.17, 15) is 0 Å². The van der Waals surface area contributed by atoms with Crippen LogP contribution in [0.15, 0.2) is 24.5 Å². The minimum absolute atomic E-state index is 0.634. The van der Waals surface area contributed by atoms with Crippen LogP contribution < -0.4 is 10.2 Å². The van der Waals surface area contributed by atoms with E-state index in [1.165, 1.54) is 23.4 Å². The molecule has 0 amide bonds. The fourth-order valence-corrected chi connectivity index (χ4v) is 5.02. The highest BCUT2D eigenvalue weighted by molar-refractivity contribution is 7.15. The normalized spacial score (nSPS) is 16.0. The fraction of sp³-hybridized carbons (Fsp3) is 0.409. The van der Waals surface area contributed by atoms with Crippen molar-refractivity contribution < 1.29 is 0 Å². The van der Waals surface area contributed by atoms with Crippen molar-refractivity contribution in [1.82, 2.24) is 15.0 Å². The Bertz CT molecular complexity index is 1060. The second-order valence-corrected chi connectivity index (χ2v) is 9.58. The molecule has 5 rings (SSSR count). The lowest BCUT2D eigenvalue weighted by Crippen LogP contribution is -2.30.